The molecule has 2 nitrogen and oxygen atoms in total. The summed E-state index contributed by atoms with van der Waals surface area (Å²) in [5.41, 5.74) is 2.87. The third-order valence-corrected chi connectivity index (χ3v) is 6.33. The van der Waals surface area contributed by atoms with Gasteiger partial charge in [0.2, 0.25) is 0 Å². The van der Waals surface area contributed by atoms with Crippen LogP contribution in [-0.4, -0.2) is 12.6 Å². The van der Waals surface area contributed by atoms with Crippen molar-refractivity contribution >= 4 is 5.97 Å². The molecule has 0 bridgehead atoms. The van der Waals surface area contributed by atoms with Gasteiger partial charge in [-0.05, 0) is 65.2 Å². The Morgan fingerprint density at radius 1 is 0.781 bits per heavy atom. The quantitative estimate of drug-likeness (QED) is 0.0762. The second-order valence-corrected chi connectivity index (χ2v) is 10.1. The van der Waals surface area contributed by atoms with Gasteiger partial charge in [0.25, 0.3) is 0 Å². The van der Waals surface area contributed by atoms with Crippen LogP contribution in [0.1, 0.15) is 136 Å². The Morgan fingerprint density at radius 2 is 1.44 bits per heavy atom. The fourth-order valence-corrected chi connectivity index (χ4v) is 3.97. The molecule has 1 rings (SSSR count). The molecule has 1 fully saturated rings. The summed E-state index contributed by atoms with van der Waals surface area (Å²) in [4.78, 5) is 11.8. The molecule has 1 saturated carbocycles. The van der Waals surface area contributed by atoms with Gasteiger partial charge < -0.3 is 4.74 Å². The molecule has 0 atom stereocenters. The minimum absolute atomic E-state index is 0.0122. The molecule has 0 spiro atoms. The van der Waals surface area contributed by atoms with Crippen LogP contribution in [-0.2, 0) is 9.53 Å². The normalized spacial score (nSPS) is 14.2. The summed E-state index contributed by atoms with van der Waals surface area (Å²) in [6.07, 6.45) is 31.1. The monoisotopic (exact) mass is 444 g/mol. The zero-order chi connectivity index (χ0) is 23.3. The van der Waals surface area contributed by atoms with Crippen LogP contribution in [0.15, 0.2) is 35.5 Å². The first-order valence-corrected chi connectivity index (χ1v) is 13.7. The van der Waals surface area contributed by atoms with Gasteiger partial charge in [-0.25, -0.2) is 0 Å². The van der Waals surface area contributed by atoms with E-state index in [0.29, 0.717) is 13.0 Å². The average molecular weight is 445 g/mol. The van der Waals surface area contributed by atoms with Gasteiger partial charge >= 0.3 is 5.97 Å². The lowest BCUT2D eigenvalue weighted by atomic mass is 10.1. The molecule has 0 aromatic rings. The van der Waals surface area contributed by atoms with Gasteiger partial charge in [0, 0.05) is 6.42 Å². The summed E-state index contributed by atoms with van der Waals surface area (Å²) < 4.78 is 5.37. The van der Waals surface area contributed by atoms with E-state index in [9.17, 15) is 4.79 Å². The zero-order valence-electron chi connectivity index (χ0n) is 21.6. The summed E-state index contributed by atoms with van der Waals surface area (Å²) in [6, 6.07) is 0. The smallest absolute Gasteiger partial charge is 0.305 e. The molecular formula is C30H52O2. The van der Waals surface area contributed by atoms with Gasteiger partial charge in [-0.2, -0.15) is 0 Å². The van der Waals surface area contributed by atoms with E-state index in [0.717, 1.165) is 31.6 Å². The highest BCUT2D eigenvalue weighted by atomic mass is 16.5. The van der Waals surface area contributed by atoms with E-state index < -0.39 is 0 Å². The fraction of sp³-hybridized carbons (Fsp3) is 0.767. The molecule has 0 N–H and O–H groups in total. The minimum atomic E-state index is 0.0122. The zero-order valence-corrected chi connectivity index (χ0v) is 21.6. The molecular weight excluding hydrogens is 392 g/mol. The third-order valence-electron chi connectivity index (χ3n) is 6.33. The first-order valence-electron chi connectivity index (χ1n) is 13.7. The van der Waals surface area contributed by atoms with Gasteiger partial charge in [0.05, 0.1) is 6.61 Å². The first-order chi connectivity index (χ1) is 15.6. The highest BCUT2D eigenvalue weighted by molar-refractivity contribution is 5.69. The number of unbranched alkanes of at least 4 members (excludes halogenated alkanes) is 10. The summed E-state index contributed by atoms with van der Waals surface area (Å²) in [7, 11) is 0. The lowest BCUT2D eigenvalue weighted by molar-refractivity contribution is -0.143. The van der Waals surface area contributed by atoms with Crippen molar-refractivity contribution in [2.45, 2.75) is 136 Å². The van der Waals surface area contributed by atoms with Crippen molar-refractivity contribution < 1.29 is 9.53 Å². The van der Waals surface area contributed by atoms with Gasteiger partial charge in [-0.15, -0.1) is 0 Å². The lowest BCUT2D eigenvalue weighted by Crippen LogP contribution is -2.05. The Labute approximate surface area is 200 Å². The second kappa shape index (κ2) is 20.3. The van der Waals surface area contributed by atoms with E-state index in [4.69, 9.17) is 4.74 Å². The summed E-state index contributed by atoms with van der Waals surface area (Å²) >= 11 is 0. The molecule has 2 heteroatoms. The van der Waals surface area contributed by atoms with E-state index >= 15 is 0 Å². The topological polar surface area (TPSA) is 26.3 Å². The molecule has 0 unspecified atom stereocenters. The fourth-order valence-electron chi connectivity index (χ4n) is 3.97. The van der Waals surface area contributed by atoms with E-state index in [1.54, 1.807) is 0 Å². The van der Waals surface area contributed by atoms with Crippen molar-refractivity contribution in [1.29, 1.82) is 0 Å². The Morgan fingerprint density at radius 3 is 2.16 bits per heavy atom. The van der Waals surface area contributed by atoms with E-state index in [1.165, 1.54) is 94.6 Å². The largest absolute Gasteiger partial charge is 0.466 e. The molecule has 0 amide bonds. The maximum absolute atomic E-state index is 11.8. The van der Waals surface area contributed by atoms with E-state index in [2.05, 4.69) is 45.1 Å². The van der Waals surface area contributed by atoms with Crippen molar-refractivity contribution in [2.24, 2.45) is 5.92 Å². The predicted octanol–water partition coefficient (Wildman–Crippen LogP) is 9.65. The van der Waals surface area contributed by atoms with Crippen LogP contribution in [0, 0.1) is 5.92 Å². The van der Waals surface area contributed by atoms with Crippen LogP contribution in [0.25, 0.3) is 0 Å². The van der Waals surface area contributed by atoms with Crippen molar-refractivity contribution in [2.75, 3.05) is 6.61 Å². The highest BCUT2D eigenvalue weighted by Crippen LogP contribution is 2.34. The number of hydrogen-bond donors (Lipinski definition) is 0. The van der Waals surface area contributed by atoms with Crippen LogP contribution in [0.4, 0.5) is 0 Å². The number of rotatable bonds is 21. The molecule has 184 valence electrons. The Kier molecular flexibility index (Phi) is 18.2. The van der Waals surface area contributed by atoms with Gasteiger partial charge in [-0.3, -0.25) is 4.79 Å². The average Bonchev–Trinajstić information content (AvgIpc) is 3.58. The Balaban J connectivity index is 1.78. The minimum Gasteiger partial charge on any atom is -0.466 e. The summed E-state index contributed by atoms with van der Waals surface area (Å²) in [5.74, 6) is 1.06. The molecule has 0 aromatic carbocycles. The number of esters is 1. The number of hydrogen-bond acceptors (Lipinski definition) is 2. The van der Waals surface area contributed by atoms with Crippen LogP contribution < -0.4 is 0 Å². The molecule has 0 saturated heterocycles. The summed E-state index contributed by atoms with van der Waals surface area (Å²) in [6.45, 7) is 7.17. The predicted molar refractivity (Wildman–Crippen MR) is 140 cm³/mol. The van der Waals surface area contributed by atoms with Gasteiger partial charge in [0.15, 0.2) is 0 Å². The van der Waals surface area contributed by atoms with Crippen molar-refractivity contribution in [3.05, 3.63) is 35.5 Å². The van der Waals surface area contributed by atoms with E-state index in [1.807, 2.05) is 0 Å². The molecule has 0 aliphatic heterocycles. The van der Waals surface area contributed by atoms with Crippen molar-refractivity contribution in [1.82, 2.24) is 0 Å². The number of carbonyl (C=O) groups is 1. The first kappa shape index (κ1) is 28.7. The van der Waals surface area contributed by atoms with Gasteiger partial charge in [0.1, 0.15) is 0 Å². The molecule has 32 heavy (non-hydrogen) atoms. The van der Waals surface area contributed by atoms with Crippen LogP contribution in [0.5, 0.6) is 0 Å². The summed E-state index contributed by atoms with van der Waals surface area (Å²) in [5, 5.41) is 0. The van der Waals surface area contributed by atoms with E-state index in [-0.39, 0.29) is 5.97 Å². The molecule has 1 aliphatic carbocycles. The maximum atomic E-state index is 11.8. The third kappa shape index (κ3) is 20.6. The molecule has 1 aliphatic rings. The Hall–Kier alpha value is -1.31. The standard InChI is InChI=1S/C30H52O2/c1-27(2)19-18-21-28(3)20-14-10-8-6-4-5-7-9-13-17-26-32-30(31)23-16-12-11-15-22-29-24-25-29/h10,14,19-20,29H,4-9,11-13,15-18,21-26H2,1-3H3/b14-10+,28-20+. The molecule has 0 aromatic heterocycles. The van der Waals surface area contributed by atoms with Crippen LogP contribution in [0.2, 0.25) is 0 Å². The number of allylic oxidation sites excluding steroid dienone is 6. The lowest BCUT2D eigenvalue weighted by Gasteiger charge is -2.05. The van der Waals surface area contributed by atoms with Crippen molar-refractivity contribution in [3.63, 3.8) is 0 Å². The highest BCUT2D eigenvalue weighted by Gasteiger charge is 2.19. The molecule has 0 heterocycles. The number of carbonyl (C=O) groups excluding carboxylic acids is 1. The second-order valence-electron chi connectivity index (χ2n) is 10.1. The molecule has 0 radical (unpaired) electrons. The maximum Gasteiger partial charge on any atom is 0.305 e. The van der Waals surface area contributed by atoms with Crippen LogP contribution >= 0.6 is 0 Å². The van der Waals surface area contributed by atoms with Gasteiger partial charge in [-0.1, -0.05) is 106 Å². The van der Waals surface area contributed by atoms with Crippen molar-refractivity contribution in [3.8, 4) is 0 Å². The SMILES string of the molecule is CC(C)=CCC/C(C)=C/C=C/CCCCCCCCCOC(=O)CCCCCCC1CC1. The van der Waals surface area contributed by atoms with Crippen LogP contribution in [0.3, 0.4) is 0 Å². The number of ether oxygens (including phenoxy) is 1. The Bertz CT molecular complexity index is 547.